The summed E-state index contributed by atoms with van der Waals surface area (Å²) in [4.78, 5) is 28.7. The molecule has 2 rings (SSSR count). The van der Waals surface area contributed by atoms with Crippen molar-refractivity contribution in [2.75, 3.05) is 7.05 Å². The summed E-state index contributed by atoms with van der Waals surface area (Å²) in [5, 5.41) is 9.07. The molecule has 5 nitrogen and oxygen atoms in total. The molecule has 24 heavy (non-hydrogen) atoms. The summed E-state index contributed by atoms with van der Waals surface area (Å²) in [6, 6.07) is 12.6. The molecule has 0 saturated carbocycles. The Labute approximate surface area is 142 Å². The molecule has 1 atom stereocenters. The predicted molar refractivity (Wildman–Crippen MR) is 92.1 cm³/mol. The number of pyridine rings is 1. The fourth-order valence-corrected chi connectivity index (χ4v) is 3.03. The molecule has 1 aromatic carbocycles. The topological polar surface area (TPSA) is 70.5 Å². The summed E-state index contributed by atoms with van der Waals surface area (Å²) in [6.07, 6.45) is 0.877. The van der Waals surface area contributed by atoms with Gasteiger partial charge in [0, 0.05) is 18.2 Å². The van der Waals surface area contributed by atoms with Gasteiger partial charge in [-0.1, -0.05) is 44.2 Å². The predicted octanol–water partition coefficient (Wildman–Crippen LogP) is 3.42. The lowest BCUT2D eigenvalue weighted by molar-refractivity contribution is 0.0689. The molecule has 0 aliphatic carbocycles. The van der Waals surface area contributed by atoms with Gasteiger partial charge in [-0.3, -0.25) is 9.69 Å². The molecular formula is C19H22N2O3. The summed E-state index contributed by atoms with van der Waals surface area (Å²) in [5.41, 5.74) is 2.37. The van der Waals surface area contributed by atoms with Crippen LogP contribution in [0.2, 0.25) is 0 Å². The van der Waals surface area contributed by atoms with Crippen LogP contribution in [0.1, 0.15) is 52.0 Å². The van der Waals surface area contributed by atoms with E-state index in [1.54, 1.807) is 6.07 Å². The van der Waals surface area contributed by atoms with Crippen molar-refractivity contribution < 1.29 is 14.7 Å². The third-order valence-corrected chi connectivity index (χ3v) is 3.99. The summed E-state index contributed by atoms with van der Waals surface area (Å²) < 4.78 is 0. The molecule has 0 aliphatic heterocycles. The number of carbonyl (C=O) groups excluding carboxylic acids is 1. The van der Waals surface area contributed by atoms with Gasteiger partial charge in [0.2, 0.25) is 0 Å². The van der Waals surface area contributed by atoms with E-state index in [0.717, 1.165) is 11.8 Å². The molecular weight excluding hydrogens is 304 g/mol. The Hall–Kier alpha value is -2.53. The van der Waals surface area contributed by atoms with Gasteiger partial charge < -0.3 is 5.11 Å². The zero-order valence-corrected chi connectivity index (χ0v) is 14.1. The molecule has 0 bridgehead atoms. The highest BCUT2D eigenvalue weighted by Gasteiger charge is 2.23. The van der Waals surface area contributed by atoms with Gasteiger partial charge in [-0.05, 0) is 30.7 Å². The number of hydrogen-bond donors (Lipinski definition) is 1. The number of rotatable bonds is 7. The third kappa shape index (κ3) is 4.06. The van der Waals surface area contributed by atoms with Crippen LogP contribution in [0, 0.1) is 5.92 Å². The van der Waals surface area contributed by atoms with Crippen LogP contribution in [-0.2, 0) is 6.54 Å². The third-order valence-electron chi connectivity index (χ3n) is 3.99. The highest BCUT2D eigenvalue weighted by Crippen LogP contribution is 2.30. The van der Waals surface area contributed by atoms with Gasteiger partial charge in [-0.2, -0.15) is 0 Å². The van der Waals surface area contributed by atoms with Gasteiger partial charge in [0.15, 0.2) is 0 Å². The first-order chi connectivity index (χ1) is 11.4. The molecule has 2 aromatic rings. The lowest BCUT2D eigenvalue weighted by Crippen LogP contribution is -2.29. The lowest BCUT2D eigenvalue weighted by atomic mass is 9.91. The molecule has 1 N–H and O–H groups in total. The molecule has 0 saturated heterocycles. The number of aromatic nitrogens is 1. The first kappa shape index (κ1) is 17.8. The summed E-state index contributed by atoms with van der Waals surface area (Å²) in [5.74, 6) is -0.759. The number of aromatic carboxylic acids is 1. The molecule has 1 aromatic heterocycles. The minimum atomic E-state index is -1.04. The normalized spacial score (nSPS) is 12.4. The van der Waals surface area contributed by atoms with E-state index in [1.807, 2.05) is 37.4 Å². The fraction of sp³-hybridized carbons (Fsp3) is 0.316. The number of carboxylic acid groups (broad SMARTS) is 1. The van der Waals surface area contributed by atoms with Crippen molar-refractivity contribution in [3.05, 3.63) is 65.0 Å². The van der Waals surface area contributed by atoms with E-state index in [1.165, 1.54) is 6.07 Å². The summed E-state index contributed by atoms with van der Waals surface area (Å²) in [6.45, 7) is 4.70. The highest BCUT2D eigenvalue weighted by atomic mass is 16.4. The Morgan fingerprint density at radius 1 is 1.21 bits per heavy atom. The second kappa shape index (κ2) is 7.84. The zero-order chi connectivity index (χ0) is 17.7. The van der Waals surface area contributed by atoms with Crippen molar-refractivity contribution in [1.82, 2.24) is 9.88 Å². The Morgan fingerprint density at radius 2 is 1.92 bits per heavy atom. The van der Waals surface area contributed by atoms with E-state index >= 15 is 0 Å². The first-order valence-corrected chi connectivity index (χ1v) is 7.87. The fourth-order valence-electron chi connectivity index (χ4n) is 3.03. The quantitative estimate of drug-likeness (QED) is 0.789. The van der Waals surface area contributed by atoms with Crippen LogP contribution >= 0.6 is 0 Å². The van der Waals surface area contributed by atoms with Crippen LogP contribution < -0.4 is 0 Å². The van der Waals surface area contributed by atoms with Crippen molar-refractivity contribution in [3.8, 4) is 0 Å². The van der Waals surface area contributed by atoms with E-state index in [-0.39, 0.29) is 17.7 Å². The van der Waals surface area contributed by atoms with Gasteiger partial charge in [-0.15, -0.1) is 0 Å². The van der Waals surface area contributed by atoms with Gasteiger partial charge in [0.25, 0.3) is 0 Å². The highest BCUT2D eigenvalue weighted by molar-refractivity contribution is 5.85. The second-order valence-electron chi connectivity index (χ2n) is 6.17. The zero-order valence-electron chi connectivity index (χ0n) is 14.1. The Kier molecular flexibility index (Phi) is 5.82. The Morgan fingerprint density at radius 3 is 2.54 bits per heavy atom. The van der Waals surface area contributed by atoms with Crippen LogP contribution in [0.4, 0.5) is 0 Å². The standard InChI is InChI=1S/C19H22N2O3/c1-13(2)18(16-9-5-4-7-14(16)12-22)21(3)11-15-8-6-10-17(20-15)19(23)24/h4-10,12-13,18H,11H2,1-3H3,(H,23,24). The summed E-state index contributed by atoms with van der Waals surface area (Å²) in [7, 11) is 1.96. The smallest absolute Gasteiger partial charge is 0.354 e. The molecule has 0 aliphatic rings. The van der Waals surface area contributed by atoms with Crippen LogP contribution in [0.5, 0.6) is 0 Å². The number of benzene rings is 1. The van der Waals surface area contributed by atoms with Crippen molar-refractivity contribution in [3.63, 3.8) is 0 Å². The van der Waals surface area contributed by atoms with Crippen LogP contribution in [-0.4, -0.2) is 34.3 Å². The van der Waals surface area contributed by atoms with Gasteiger partial charge in [-0.25, -0.2) is 9.78 Å². The molecule has 1 unspecified atom stereocenters. The molecule has 0 fully saturated rings. The van der Waals surface area contributed by atoms with E-state index < -0.39 is 5.97 Å². The number of nitrogens with zero attached hydrogens (tertiary/aromatic N) is 2. The average Bonchev–Trinajstić information content (AvgIpc) is 2.55. The van der Waals surface area contributed by atoms with Crippen LogP contribution in [0.15, 0.2) is 42.5 Å². The number of aldehydes is 1. The second-order valence-corrected chi connectivity index (χ2v) is 6.17. The minimum absolute atomic E-state index is 0.0293. The van der Waals surface area contributed by atoms with E-state index in [0.29, 0.717) is 17.8 Å². The maximum atomic E-state index is 11.4. The molecule has 0 radical (unpaired) electrons. The monoisotopic (exact) mass is 326 g/mol. The Bertz CT molecular complexity index is 728. The largest absolute Gasteiger partial charge is 0.477 e. The number of hydrogen-bond acceptors (Lipinski definition) is 4. The summed E-state index contributed by atoms with van der Waals surface area (Å²) >= 11 is 0. The van der Waals surface area contributed by atoms with Crippen molar-refractivity contribution >= 4 is 12.3 Å². The lowest BCUT2D eigenvalue weighted by Gasteiger charge is -2.32. The minimum Gasteiger partial charge on any atom is -0.477 e. The molecule has 0 amide bonds. The number of carboxylic acids is 1. The molecule has 0 spiro atoms. The van der Waals surface area contributed by atoms with Gasteiger partial charge in [0.1, 0.15) is 12.0 Å². The molecule has 126 valence electrons. The van der Waals surface area contributed by atoms with Crippen molar-refractivity contribution in [1.29, 1.82) is 0 Å². The van der Waals surface area contributed by atoms with E-state index in [4.69, 9.17) is 5.11 Å². The first-order valence-electron chi connectivity index (χ1n) is 7.87. The van der Waals surface area contributed by atoms with Crippen LogP contribution in [0.25, 0.3) is 0 Å². The number of carbonyl (C=O) groups is 2. The molecule has 1 heterocycles. The van der Waals surface area contributed by atoms with Gasteiger partial charge in [0.05, 0.1) is 5.69 Å². The SMILES string of the molecule is CC(C)C(c1ccccc1C=O)N(C)Cc1cccc(C(=O)O)n1. The van der Waals surface area contributed by atoms with Crippen molar-refractivity contribution in [2.45, 2.75) is 26.4 Å². The van der Waals surface area contributed by atoms with Crippen LogP contribution in [0.3, 0.4) is 0 Å². The molecule has 5 heteroatoms. The Balaban J connectivity index is 2.30. The van der Waals surface area contributed by atoms with Crippen molar-refractivity contribution in [2.24, 2.45) is 5.92 Å². The van der Waals surface area contributed by atoms with E-state index in [2.05, 4.69) is 23.7 Å². The maximum Gasteiger partial charge on any atom is 0.354 e. The van der Waals surface area contributed by atoms with E-state index in [9.17, 15) is 9.59 Å². The maximum absolute atomic E-state index is 11.4. The van der Waals surface area contributed by atoms with Gasteiger partial charge >= 0.3 is 5.97 Å². The average molecular weight is 326 g/mol.